The van der Waals surface area contributed by atoms with Crippen LogP contribution in [0.25, 0.3) is 0 Å². The first-order valence-corrected chi connectivity index (χ1v) is 6.05. The summed E-state index contributed by atoms with van der Waals surface area (Å²) in [7, 11) is 3.57. The van der Waals surface area contributed by atoms with E-state index in [9.17, 15) is 0 Å². The van der Waals surface area contributed by atoms with E-state index >= 15 is 0 Å². The second kappa shape index (κ2) is 5.67. The van der Waals surface area contributed by atoms with Crippen molar-refractivity contribution >= 4 is 11.5 Å². The highest BCUT2D eigenvalue weighted by atomic mass is 16.5. The van der Waals surface area contributed by atoms with Gasteiger partial charge in [-0.15, -0.1) is 0 Å². The molecule has 0 saturated carbocycles. The Bertz CT molecular complexity index is 554. The molecule has 0 amide bonds. The number of ether oxygens (including phenoxy) is 1. The van der Waals surface area contributed by atoms with Crippen LogP contribution < -0.4 is 15.4 Å². The summed E-state index contributed by atoms with van der Waals surface area (Å²) in [6.07, 6.45) is 1.51. The molecule has 0 bridgehead atoms. The standard InChI is InChI=1S/C14H18N4O/c1-10-13(16-9-17-14(10)19-3)18(2)12-6-4-11(8-15)5-7-12/h4-7,9H,8,15H2,1-3H3. The van der Waals surface area contributed by atoms with Gasteiger partial charge in [-0.1, -0.05) is 12.1 Å². The average molecular weight is 258 g/mol. The molecule has 0 aliphatic rings. The van der Waals surface area contributed by atoms with E-state index in [1.165, 1.54) is 6.33 Å². The Labute approximate surface area is 113 Å². The topological polar surface area (TPSA) is 64.3 Å². The van der Waals surface area contributed by atoms with Gasteiger partial charge in [0.15, 0.2) is 0 Å². The third-order valence-corrected chi connectivity index (χ3v) is 3.08. The fraction of sp³-hybridized carbons (Fsp3) is 0.286. The van der Waals surface area contributed by atoms with Gasteiger partial charge in [-0.25, -0.2) is 9.97 Å². The van der Waals surface area contributed by atoms with Crippen molar-refractivity contribution in [3.8, 4) is 5.88 Å². The van der Waals surface area contributed by atoms with Gasteiger partial charge in [0.1, 0.15) is 12.1 Å². The van der Waals surface area contributed by atoms with E-state index in [1.807, 2.05) is 43.1 Å². The lowest BCUT2D eigenvalue weighted by molar-refractivity contribution is 0.393. The maximum Gasteiger partial charge on any atom is 0.221 e. The van der Waals surface area contributed by atoms with Gasteiger partial charge >= 0.3 is 0 Å². The van der Waals surface area contributed by atoms with Crippen molar-refractivity contribution in [2.24, 2.45) is 5.73 Å². The van der Waals surface area contributed by atoms with Crippen LogP contribution in [0.15, 0.2) is 30.6 Å². The van der Waals surface area contributed by atoms with Gasteiger partial charge in [-0.2, -0.15) is 0 Å². The van der Waals surface area contributed by atoms with Gasteiger partial charge in [-0.05, 0) is 24.6 Å². The van der Waals surface area contributed by atoms with Crippen molar-refractivity contribution < 1.29 is 4.74 Å². The first-order chi connectivity index (χ1) is 9.17. The minimum atomic E-state index is 0.546. The molecule has 5 heteroatoms. The third kappa shape index (κ3) is 2.66. The fourth-order valence-electron chi connectivity index (χ4n) is 1.95. The summed E-state index contributed by atoms with van der Waals surface area (Å²) >= 11 is 0. The van der Waals surface area contributed by atoms with E-state index in [2.05, 4.69) is 9.97 Å². The highest BCUT2D eigenvalue weighted by Crippen LogP contribution is 2.28. The van der Waals surface area contributed by atoms with Crippen molar-refractivity contribution in [1.29, 1.82) is 0 Å². The molecule has 0 spiro atoms. The van der Waals surface area contributed by atoms with Gasteiger partial charge < -0.3 is 15.4 Å². The summed E-state index contributed by atoms with van der Waals surface area (Å²) < 4.78 is 5.21. The molecular weight excluding hydrogens is 240 g/mol. The molecule has 1 heterocycles. The molecule has 19 heavy (non-hydrogen) atoms. The number of rotatable bonds is 4. The van der Waals surface area contributed by atoms with Crippen LogP contribution in [0.1, 0.15) is 11.1 Å². The SMILES string of the molecule is COc1ncnc(N(C)c2ccc(CN)cc2)c1C. The largest absolute Gasteiger partial charge is 0.481 e. The Morgan fingerprint density at radius 2 is 1.89 bits per heavy atom. The zero-order valence-electron chi connectivity index (χ0n) is 11.4. The molecule has 1 aromatic heterocycles. The van der Waals surface area contributed by atoms with E-state index in [0.29, 0.717) is 12.4 Å². The Hall–Kier alpha value is -2.14. The molecule has 5 nitrogen and oxygen atoms in total. The first-order valence-electron chi connectivity index (χ1n) is 6.05. The second-order valence-electron chi connectivity index (χ2n) is 4.26. The van der Waals surface area contributed by atoms with Crippen LogP contribution in [-0.4, -0.2) is 24.1 Å². The van der Waals surface area contributed by atoms with Gasteiger partial charge in [0.05, 0.1) is 12.7 Å². The Balaban J connectivity index is 2.35. The molecular formula is C14H18N4O. The predicted molar refractivity (Wildman–Crippen MR) is 75.7 cm³/mol. The van der Waals surface area contributed by atoms with Crippen LogP contribution in [0.3, 0.4) is 0 Å². The molecule has 2 aromatic rings. The Morgan fingerprint density at radius 3 is 2.47 bits per heavy atom. The quantitative estimate of drug-likeness (QED) is 0.909. The smallest absolute Gasteiger partial charge is 0.221 e. The van der Waals surface area contributed by atoms with Crippen LogP contribution in [-0.2, 0) is 6.54 Å². The predicted octanol–water partition coefficient (Wildman–Crippen LogP) is 2.02. The maximum absolute atomic E-state index is 5.60. The Morgan fingerprint density at radius 1 is 1.21 bits per heavy atom. The molecule has 0 radical (unpaired) electrons. The number of benzene rings is 1. The van der Waals surface area contributed by atoms with E-state index in [1.54, 1.807) is 7.11 Å². The number of methoxy groups -OCH3 is 1. The lowest BCUT2D eigenvalue weighted by Gasteiger charge is -2.21. The van der Waals surface area contributed by atoms with Crippen LogP contribution in [0.4, 0.5) is 11.5 Å². The summed E-state index contributed by atoms with van der Waals surface area (Å²) in [4.78, 5) is 10.4. The van der Waals surface area contributed by atoms with Crippen LogP contribution in [0.2, 0.25) is 0 Å². The van der Waals surface area contributed by atoms with E-state index in [4.69, 9.17) is 10.5 Å². The van der Waals surface area contributed by atoms with Gasteiger partial charge in [0, 0.05) is 19.3 Å². The zero-order valence-corrected chi connectivity index (χ0v) is 11.4. The molecule has 0 aliphatic heterocycles. The second-order valence-corrected chi connectivity index (χ2v) is 4.26. The fourth-order valence-corrected chi connectivity index (χ4v) is 1.95. The minimum absolute atomic E-state index is 0.546. The summed E-state index contributed by atoms with van der Waals surface area (Å²) in [6.45, 7) is 2.49. The van der Waals surface area contributed by atoms with E-state index < -0.39 is 0 Å². The van der Waals surface area contributed by atoms with Gasteiger partial charge in [0.2, 0.25) is 5.88 Å². The summed E-state index contributed by atoms with van der Waals surface area (Å²) in [5.41, 5.74) is 8.66. The zero-order chi connectivity index (χ0) is 13.8. The van der Waals surface area contributed by atoms with Crippen molar-refractivity contribution in [1.82, 2.24) is 9.97 Å². The van der Waals surface area contributed by atoms with Crippen LogP contribution in [0, 0.1) is 6.92 Å². The molecule has 0 fully saturated rings. The lowest BCUT2D eigenvalue weighted by Crippen LogP contribution is -2.13. The number of hydrogen-bond acceptors (Lipinski definition) is 5. The van der Waals surface area contributed by atoms with E-state index in [0.717, 1.165) is 22.6 Å². The van der Waals surface area contributed by atoms with Crippen LogP contribution >= 0.6 is 0 Å². The molecule has 2 N–H and O–H groups in total. The Kier molecular flexibility index (Phi) is 3.97. The van der Waals surface area contributed by atoms with E-state index in [-0.39, 0.29) is 0 Å². The van der Waals surface area contributed by atoms with Crippen molar-refractivity contribution in [3.05, 3.63) is 41.7 Å². The maximum atomic E-state index is 5.60. The number of aromatic nitrogens is 2. The van der Waals surface area contributed by atoms with Crippen LogP contribution in [0.5, 0.6) is 5.88 Å². The average Bonchev–Trinajstić information content (AvgIpc) is 2.47. The number of nitrogens with zero attached hydrogens (tertiary/aromatic N) is 3. The lowest BCUT2D eigenvalue weighted by atomic mass is 10.2. The third-order valence-electron chi connectivity index (χ3n) is 3.08. The van der Waals surface area contributed by atoms with Crippen molar-refractivity contribution in [2.45, 2.75) is 13.5 Å². The number of anilines is 2. The summed E-state index contributed by atoms with van der Waals surface area (Å²) in [6, 6.07) is 8.08. The highest BCUT2D eigenvalue weighted by molar-refractivity contribution is 5.63. The molecule has 100 valence electrons. The minimum Gasteiger partial charge on any atom is -0.481 e. The normalized spacial score (nSPS) is 10.3. The highest BCUT2D eigenvalue weighted by Gasteiger charge is 2.12. The van der Waals surface area contributed by atoms with Crippen molar-refractivity contribution in [3.63, 3.8) is 0 Å². The molecule has 0 saturated heterocycles. The number of nitrogens with two attached hydrogens (primary N) is 1. The molecule has 0 unspecified atom stereocenters. The van der Waals surface area contributed by atoms with Gasteiger partial charge in [0.25, 0.3) is 0 Å². The number of hydrogen-bond donors (Lipinski definition) is 1. The molecule has 1 aromatic carbocycles. The van der Waals surface area contributed by atoms with Crippen molar-refractivity contribution in [2.75, 3.05) is 19.1 Å². The molecule has 2 rings (SSSR count). The monoisotopic (exact) mass is 258 g/mol. The summed E-state index contributed by atoms with van der Waals surface area (Å²) in [5, 5.41) is 0. The molecule has 0 atom stereocenters. The van der Waals surface area contributed by atoms with Gasteiger partial charge in [-0.3, -0.25) is 0 Å². The molecule has 0 aliphatic carbocycles. The summed E-state index contributed by atoms with van der Waals surface area (Å²) in [5.74, 6) is 1.42. The first kappa shape index (κ1) is 13.3.